The first kappa shape index (κ1) is 13.3. The third-order valence-corrected chi connectivity index (χ3v) is 6.03. The molecule has 1 aliphatic carbocycles. The van der Waals surface area contributed by atoms with Crippen LogP contribution in [0.4, 0.5) is 0 Å². The van der Waals surface area contributed by atoms with Crippen molar-refractivity contribution in [3.8, 4) is 0 Å². The zero-order chi connectivity index (χ0) is 12.5. The first-order valence-corrected chi connectivity index (χ1v) is 8.49. The highest BCUT2D eigenvalue weighted by Gasteiger charge is 2.42. The van der Waals surface area contributed by atoms with Crippen LogP contribution in [0.25, 0.3) is 0 Å². The summed E-state index contributed by atoms with van der Waals surface area (Å²) in [5.74, 6) is 0.142. The van der Waals surface area contributed by atoms with Crippen molar-refractivity contribution < 1.29 is 13.5 Å². The molecule has 2 N–H and O–H groups in total. The highest BCUT2D eigenvalue weighted by molar-refractivity contribution is 7.91. The van der Waals surface area contributed by atoms with E-state index in [1.807, 2.05) is 0 Å². The molecule has 1 saturated carbocycles. The number of hydrogen-bond donors (Lipinski definition) is 2. The van der Waals surface area contributed by atoms with Crippen LogP contribution in [-0.4, -0.2) is 43.7 Å². The minimum Gasteiger partial charge on any atom is -0.388 e. The molecule has 1 heterocycles. The van der Waals surface area contributed by atoms with E-state index in [4.69, 9.17) is 0 Å². The Morgan fingerprint density at radius 1 is 1.29 bits per heavy atom. The van der Waals surface area contributed by atoms with Gasteiger partial charge in [0.05, 0.1) is 10.9 Å². The molecule has 3 atom stereocenters. The van der Waals surface area contributed by atoms with Gasteiger partial charge in [-0.3, -0.25) is 0 Å². The zero-order valence-electron chi connectivity index (χ0n) is 10.5. The van der Waals surface area contributed by atoms with Gasteiger partial charge in [0.1, 0.15) is 9.84 Å². The summed E-state index contributed by atoms with van der Waals surface area (Å²) in [7, 11) is -2.96. The van der Waals surface area contributed by atoms with Crippen molar-refractivity contribution in [1.82, 2.24) is 5.32 Å². The maximum Gasteiger partial charge on any atom is 0.150 e. The Balaban J connectivity index is 2.06. The number of sulfone groups is 1. The van der Waals surface area contributed by atoms with E-state index >= 15 is 0 Å². The second-order valence-corrected chi connectivity index (χ2v) is 8.02. The molecule has 0 bridgehead atoms. The topological polar surface area (TPSA) is 66.4 Å². The number of β-amino-alcohol motifs (C(OH)–C–C–N with tert-alkyl or cyclic N) is 1. The molecule has 0 radical (unpaired) electrons. The van der Waals surface area contributed by atoms with Gasteiger partial charge in [-0.1, -0.05) is 6.42 Å². The van der Waals surface area contributed by atoms with Gasteiger partial charge in [-0.25, -0.2) is 8.42 Å². The summed E-state index contributed by atoms with van der Waals surface area (Å²) in [4.78, 5) is 0. The van der Waals surface area contributed by atoms with Gasteiger partial charge in [0.15, 0.2) is 0 Å². The Kier molecular flexibility index (Phi) is 3.80. The van der Waals surface area contributed by atoms with Crippen LogP contribution < -0.4 is 5.32 Å². The normalized spacial score (nSPS) is 40.1. The summed E-state index contributed by atoms with van der Waals surface area (Å²) in [6.07, 6.45) is 6.39. The third-order valence-electron chi connectivity index (χ3n) is 4.39. The molecule has 0 aromatic rings. The number of hydrogen-bond acceptors (Lipinski definition) is 4. The molecule has 2 aliphatic rings. The van der Waals surface area contributed by atoms with Crippen molar-refractivity contribution >= 4 is 9.84 Å². The van der Waals surface area contributed by atoms with Gasteiger partial charge in [0, 0.05) is 12.8 Å². The van der Waals surface area contributed by atoms with Gasteiger partial charge >= 0.3 is 0 Å². The van der Waals surface area contributed by atoms with Gasteiger partial charge < -0.3 is 10.4 Å². The number of nitrogens with one attached hydrogen (secondary N) is 1. The molecule has 2 rings (SSSR count). The first-order valence-electron chi connectivity index (χ1n) is 6.54. The van der Waals surface area contributed by atoms with Crippen molar-refractivity contribution in [1.29, 1.82) is 0 Å². The van der Waals surface area contributed by atoms with E-state index in [1.165, 1.54) is 6.26 Å². The standard InChI is InChI=1S/C12H23NO3S/c1-17(15,16)11-5-2-4-10(8-11)12(14)6-3-7-13-9-12/h10-11,13-14H,2-9H2,1H3. The summed E-state index contributed by atoms with van der Waals surface area (Å²) < 4.78 is 23.2. The molecule has 2 fully saturated rings. The van der Waals surface area contributed by atoms with Gasteiger partial charge in [-0.2, -0.15) is 0 Å². The second kappa shape index (κ2) is 4.86. The van der Waals surface area contributed by atoms with Crippen LogP contribution >= 0.6 is 0 Å². The van der Waals surface area contributed by atoms with Crippen molar-refractivity contribution in [3.05, 3.63) is 0 Å². The molecule has 1 aliphatic heterocycles. The van der Waals surface area contributed by atoms with Gasteiger partial charge in [0.2, 0.25) is 0 Å². The monoisotopic (exact) mass is 261 g/mol. The molecule has 4 nitrogen and oxygen atoms in total. The van der Waals surface area contributed by atoms with Crippen LogP contribution in [-0.2, 0) is 9.84 Å². The lowest BCUT2D eigenvalue weighted by Gasteiger charge is -2.43. The molecule has 3 unspecified atom stereocenters. The lowest BCUT2D eigenvalue weighted by Crippen LogP contribution is -2.52. The fourth-order valence-corrected chi connectivity index (χ4v) is 4.46. The quantitative estimate of drug-likeness (QED) is 0.768. The maximum absolute atomic E-state index is 11.6. The van der Waals surface area contributed by atoms with E-state index < -0.39 is 15.4 Å². The maximum atomic E-state index is 11.6. The predicted octanol–water partition coefficient (Wildman–Crippen LogP) is 0.704. The molecule has 0 spiro atoms. The molecule has 5 heteroatoms. The molecule has 17 heavy (non-hydrogen) atoms. The van der Waals surface area contributed by atoms with Crippen LogP contribution in [0.2, 0.25) is 0 Å². The van der Waals surface area contributed by atoms with E-state index in [2.05, 4.69) is 5.32 Å². The van der Waals surface area contributed by atoms with Crippen molar-refractivity contribution in [2.75, 3.05) is 19.3 Å². The Morgan fingerprint density at radius 3 is 2.65 bits per heavy atom. The smallest absolute Gasteiger partial charge is 0.150 e. The lowest BCUT2D eigenvalue weighted by molar-refractivity contribution is -0.0495. The van der Waals surface area contributed by atoms with Crippen LogP contribution in [0.5, 0.6) is 0 Å². The molecular formula is C12H23NO3S. The average molecular weight is 261 g/mol. The van der Waals surface area contributed by atoms with Crippen molar-refractivity contribution in [2.45, 2.75) is 49.4 Å². The Hall–Kier alpha value is -0.130. The molecule has 0 amide bonds. The minimum absolute atomic E-state index is 0.142. The molecule has 1 saturated heterocycles. The highest BCUT2D eigenvalue weighted by atomic mass is 32.2. The van der Waals surface area contributed by atoms with E-state index in [-0.39, 0.29) is 11.2 Å². The van der Waals surface area contributed by atoms with Crippen LogP contribution in [0, 0.1) is 5.92 Å². The first-order chi connectivity index (χ1) is 7.92. The zero-order valence-corrected chi connectivity index (χ0v) is 11.3. The van der Waals surface area contributed by atoms with Gasteiger partial charge in [0.25, 0.3) is 0 Å². The predicted molar refractivity (Wildman–Crippen MR) is 67.6 cm³/mol. The summed E-state index contributed by atoms with van der Waals surface area (Å²) in [6, 6.07) is 0. The SMILES string of the molecule is CS(=O)(=O)C1CCCC(C2(O)CCCNC2)C1. The Morgan fingerprint density at radius 2 is 2.06 bits per heavy atom. The van der Waals surface area contributed by atoms with Gasteiger partial charge in [-0.05, 0) is 44.6 Å². The highest BCUT2D eigenvalue weighted by Crippen LogP contribution is 2.38. The number of rotatable bonds is 2. The van der Waals surface area contributed by atoms with E-state index in [0.717, 1.165) is 38.6 Å². The summed E-state index contributed by atoms with van der Waals surface area (Å²) in [5, 5.41) is 13.6. The number of piperidine rings is 1. The molecule has 0 aromatic carbocycles. The summed E-state index contributed by atoms with van der Waals surface area (Å²) in [5.41, 5.74) is -0.679. The fourth-order valence-electron chi connectivity index (χ4n) is 3.28. The van der Waals surface area contributed by atoms with E-state index in [9.17, 15) is 13.5 Å². The Labute approximate surface area is 104 Å². The number of aliphatic hydroxyl groups is 1. The van der Waals surface area contributed by atoms with Gasteiger partial charge in [-0.15, -0.1) is 0 Å². The second-order valence-electron chi connectivity index (χ2n) is 5.70. The average Bonchev–Trinajstić information content (AvgIpc) is 2.29. The third kappa shape index (κ3) is 3.01. The van der Waals surface area contributed by atoms with E-state index in [0.29, 0.717) is 13.0 Å². The molecule has 100 valence electrons. The minimum atomic E-state index is -2.96. The van der Waals surface area contributed by atoms with Crippen LogP contribution in [0.3, 0.4) is 0 Å². The molecular weight excluding hydrogens is 238 g/mol. The molecule has 0 aromatic heterocycles. The summed E-state index contributed by atoms with van der Waals surface area (Å²) in [6.45, 7) is 1.58. The van der Waals surface area contributed by atoms with Crippen LogP contribution in [0.15, 0.2) is 0 Å². The summed E-state index contributed by atoms with van der Waals surface area (Å²) >= 11 is 0. The van der Waals surface area contributed by atoms with E-state index in [1.54, 1.807) is 0 Å². The van der Waals surface area contributed by atoms with Crippen molar-refractivity contribution in [2.24, 2.45) is 5.92 Å². The van der Waals surface area contributed by atoms with Crippen LogP contribution in [0.1, 0.15) is 38.5 Å². The fraction of sp³-hybridized carbons (Fsp3) is 1.00. The van der Waals surface area contributed by atoms with Crippen molar-refractivity contribution in [3.63, 3.8) is 0 Å². The Bertz CT molecular complexity index is 360. The lowest BCUT2D eigenvalue weighted by atomic mass is 9.73. The largest absolute Gasteiger partial charge is 0.388 e.